The van der Waals surface area contributed by atoms with Gasteiger partial charge in [-0.25, -0.2) is 0 Å². The van der Waals surface area contributed by atoms with Crippen molar-refractivity contribution in [3.63, 3.8) is 0 Å². The monoisotopic (exact) mass is 238 g/mol. The van der Waals surface area contributed by atoms with Gasteiger partial charge in [-0.05, 0) is 52.7 Å². The van der Waals surface area contributed by atoms with Crippen molar-refractivity contribution in [1.29, 1.82) is 0 Å². The molecule has 0 aromatic heterocycles. The van der Waals surface area contributed by atoms with Crippen molar-refractivity contribution in [2.75, 3.05) is 26.7 Å². The fraction of sp³-hybridized carbons (Fsp3) is 0.769. The van der Waals surface area contributed by atoms with Gasteiger partial charge in [0.25, 0.3) is 5.91 Å². The highest BCUT2D eigenvalue weighted by molar-refractivity contribution is 5.93. The van der Waals surface area contributed by atoms with Gasteiger partial charge in [-0.3, -0.25) is 4.79 Å². The average molecular weight is 238 g/mol. The molecule has 4 nitrogen and oxygen atoms in total. The number of likely N-dealkylation sites (tertiary alicyclic amines) is 1. The first-order chi connectivity index (χ1) is 8.10. The van der Waals surface area contributed by atoms with Gasteiger partial charge in [-0.15, -0.1) is 0 Å². The zero-order valence-corrected chi connectivity index (χ0v) is 10.9. The molecular weight excluding hydrogens is 216 g/mol. The van der Waals surface area contributed by atoms with E-state index in [-0.39, 0.29) is 24.6 Å². The Morgan fingerprint density at radius 2 is 2.12 bits per heavy atom. The average Bonchev–Trinajstić information content (AvgIpc) is 2.32. The van der Waals surface area contributed by atoms with Crippen LogP contribution >= 0.6 is 0 Å². The van der Waals surface area contributed by atoms with Gasteiger partial charge in [0.1, 0.15) is 0 Å². The van der Waals surface area contributed by atoms with Crippen molar-refractivity contribution in [3.8, 4) is 11.8 Å². The molecule has 1 unspecified atom stereocenters. The van der Waals surface area contributed by atoms with E-state index in [1.54, 1.807) is 11.8 Å². The lowest BCUT2D eigenvalue weighted by Gasteiger charge is -2.39. The number of aliphatic hydroxyl groups is 1. The highest BCUT2D eigenvalue weighted by atomic mass is 16.3. The van der Waals surface area contributed by atoms with Crippen molar-refractivity contribution in [3.05, 3.63) is 0 Å². The van der Waals surface area contributed by atoms with E-state index in [4.69, 9.17) is 0 Å². The number of aliphatic hydroxyl groups excluding tert-OH is 1. The number of piperidine rings is 1. The van der Waals surface area contributed by atoms with Crippen LogP contribution in [0.2, 0.25) is 0 Å². The lowest BCUT2D eigenvalue weighted by molar-refractivity contribution is -0.131. The molecule has 0 bridgehead atoms. The SMILES string of the molecule is CC#CC(=O)N(C(C)CO)C1CCN(C)CC1. The summed E-state index contributed by atoms with van der Waals surface area (Å²) in [5, 5.41) is 9.25. The third kappa shape index (κ3) is 3.72. The maximum Gasteiger partial charge on any atom is 0.299 e. The summed E-state index contributed by atoms with van der Waals surface area (Å²) in [7, 11) is 2.09. The van der Waals surface area contributed by atoms with Crippen LogP contribution in [0.15, 0.2) is 0 Å². The van der Waals surface area contributed by atoms with E-state index >= 15 is 0 Å². The summed E-state index contributed by atoms with van der Waals surface area (Å²) < 4.78 is 0. The molecule has 0 aromatic rings. The number of nitrogens with zero attached hydrogens (tertiary/aromatic N) is 2. The Kier molecular flexibility index (Phi) is 5.46. The molecule has 1 atom stereocenters. The van der Waals surface area contributed by atoms with Crippen LogP contribution in [0.25, 0.3) is 0 Å². The fourth-order valence-electron chi connectivity index (χ4n) is 2.26. The van der Waals surface area contributed by atoms with Crippen LogP contribution in [0.1, 0.15) is 26.7 Å². The van der Waals surface area contributed by atoms with E-state index in [1.165, 1.54) is 0 Å². The highest BCUT2D eigenvalue weighted by Gasteiger charge is 2.29. The first-order valence-corrected chi connectivity index (χ1v) is 6.14. The molecular formula is C13H22N2O2. The number of rotatable bonds is 3. The Morgan fingerprint density at radius 3 is 2.59 bits per heavy atom. The summed E-state index contributed by atoms with van der Waals surface area (Å²) in [5.41, 5.74) is 0. The summed E-state index contributed by atoms with van der Waals surface area (Å²) >= 11 is 0. The Morgan fingerprint density at radius 1 is 1.53 bits per heavy atom. The Labute approximate surface area is 104 Å². The fourth-order valence-corrected chi connectivity index (χ4v) is 2.26. The van der Waals surface area contributed by atoms with Gasteiger partial charge in [0.15, 0.2) is 0 Å². The maximum absolute atomic E-state index is 12.0. The molecule has 1 rings (SSSR count). The summed E-state index contributed by atoms with van der Waals surface area (Å²) in [6.07, 6.45) is 1.91. The molecule has 1 aliphatic rings. The van der Waals surface area contributed by atoms with E-state index in [9.17, 15) is 9.90 Å². The van der Waals surface area contributed by atoms with Crippen LogP contribution in [-0.2, 0) is 4.79 Å². The minimum Gasteiger partial charge on any atom is -0.394 e. The summed E-state index contributed by atoms with van der Waals surface area (Å²) in [6, 6.07) is 0.0541. The van der Waals surface area contributed by atoms with Crippen molar-refractivity contribution in [1.82, 2.24) is 9.80 Å². The molecule has 1 heterocycles. The lowest BCUT2D eigenvalue weighted by Crippen LogP contribution is -2.51. The second-order valence-electron chi connectivity index (χ2n) is 4.65. The molecule has 1 fully saturated rings. The first-order valence-electron chi connectivity index (χ1n) is 6.14. The molecule has 17 heavy (non-hydrogen) atoms. The molecule has 1 amide bonds. The van der Waals surface area contributed by atoms with Gasteiger partial charge < -0.3 is 14.9 Å². The van der Waals surface area contributed by atoms with Gasteiger partial charge in [-0.2, -0.15) is 0 Å². The van der Waals surface area contributed by atoms with E-state index in [1.807, 2.05) is 6.92 Å². The minimum absolute atomic E-state index is 0.0104. The van der Waals surface area contributed by atoms with E-state index in [2.05, 4.69) is 23.8 Å². The van der Waals surface area contributed by atoms with E-state index in [0.29, 0.717) is 0 Å². The predicted molar refractivity (Wildman–Crippen MR) is 67.4 cm³/mol. The molecule has 0 spiro atoms. The van der Waals surface area contributed by atoms with E-state index < -0.39 is 0 Å². The summed E-state index contributed by atoms with van der Waals surface area (Å²) in [4.78, 5) is 16.0. The van der Waals surface area contributed by atoms with Crippen molar-refractivity contribution in [2.24, 2.45) is 0 Å². The molecule has 0 radical (unpaired) electrons. The normalized spacial score (nSPS) is 19.3. The molecule has 1 saturated heterocycles. The van der Waals surface area contributed by atoms with Gasteiger partial charge in [0, 0.05) is 6.04 Å². The molecule has 1 N–H and O–H groups in total. The molecule has 96 valence electrons. The second kappa shape index (κ2) is 6.63. The largest absolute Gasteiger partial charge is 0.394 e. The third-order valence-electron chi connectivity index (χ3n) is 3.29. The van der Waals surface area contributed by atoms with Crippen LogP contribution in [0, 0.1) is 11.8 Å². The topological polar surface area (TPSA) is 43.8 Å². The second-order valence-corrected chi connectivity index (χ2v) is 4.65. The Balaban J connectivity index is 2.74. The van der Waals surface area contributed by atoms with Crippen LogP contribution in [0.5, 0.6) is 0 Å². The predicted octanol–water partition coefficient (Wildman–Crippen LogP) is 0.313. The van der Waals surface area contributed by atoms with Crippen LogP contribution < -0.4 is 0 Å². The zero-order chi connectivity index (χ0) is 12.8. The van der Waals surface area contributed by atoms with Crippen LogP contribution in [-0.4, -0.2) is 59.6 Å². The number of carbonyl (C=O) groups excluding carboxylic acids is 1. The molecule has 0 saturated carbocycles. The smallest absolute Gasteiger partial charge is 0.299 e. The molecule has 4 heteroatoms. The lowest BCUT2D eigenvalue weighted by atomic mass is 10.0. The van der Waals surface area contributed by atoms with Crippen molar-refractivity contribution >= 4 is 5.91 Å². The zero-order valence-electron chi connectivity index (χ0n) is 10.9. The third-order valence-corrected chi connectivity index (χ3v) is 3.29. The standard InChI is InChI=1S/C13H22N2O2/c1-4-5-13(17)15(11(2)10-16)12-6-8-14(3)9-7-12/h11-12,16H,6-10H2,1-3H3. The molecule has 0 aromatic carbocycles. The number of carbonyl (C=O) groups is 1. The maximum atomic E-state index is 12.0. The van der Waals surface area contributed by atoms with Crippen molar-refractivity contribution in [2.45, 2.75) is 38.8 Å². The summed E-state index contributed by atoms with van der Waals surface area (Å²) in [6.45, 7) is 5.50. The first kappa shape index (κ1) is 14.0. The van der Waals surface area contributed by atoms with Gasteiger partial charge in [-0.1, -0.05) is 5.92 Å². The van der Waals surface area contributed by atoms with Gasteiger partial charge in [0.2, 0.25) is 0 Å². The molecule has 1 aliphatic heterocycles. The number of hydrogen-bond acceptors (Lipinski definition) is 3. The van der Waals surface area contributed by atoms with Crippen LogP contribution in [0.4, 0.5) is 0 Å². The molecule has 0 aliphatic carbocycles. The highest BCUT2D eigenvalue weighted by Crippen LogP contribution is 2.18. The Hall–Kier alpha value is -1.05. The quantitative estimate of drug-likeness (QED) is 0.720. The van der Waals surface area contributed by atoms with Gasteiger partial charge >= 0.3 is 0 Å². The number of hydrogen-bond donors (Lipinski definition) is 1. The van der Waals surface area contributed by atoms with Gasteiger partial charge in [0.05, 0.1) is 12.6 Å². The minimum atomic E-state index is -0.163. The summed E-state index contributed by atoms with van der Waals surface area (Å²) in [5.74, 6) is 5.06. The van der Waals surface area contributed by atoms with Crippen LogP contribution in [0.3, 0.4) is 0 Å². The number of amides is 1. The van der Waals surface area contributed by atoms with Crippen molar-refractivity contribution < 1.29 is 9.90 Å². The Bertz CT molecular complexity index is 311. The van der Waals surface area contributed by atoms with E-state index in [0.717, 1.165) is 25.9 Å².